The van der Waals surface area contributed by atoms with E-state index in [0.29, 0.717) is 6.04 Å². The lowest BCUT2D eigenvalue weighted by Gasteiger charge is -2.18. The van der Waals surface area contributed by atoms with Crippen molar-refractivity contribution in [2.24, 2.45) is 0 Å². The second-order valence-electron chi connectivity index (χ2n) is 5.28. The summed E-state index contributed by atoms with van der Waals surface area (Å²) < 4.78 is 0. The topological polar surface area (TPSA) is 12.0 Å². The molecule has 0 fully saturated rings. The number of hydrogen-bond acceptors (Lipinski definition) is 1. The Morgan fingerprint density at radius 1 is 0.800 bits per heavy atom. The number of hydrogen-bond donors (Lipinski definition) is 1. The van der Waals surface area contributed by atoms with E-state index in [2.05, 4.69) is 73.8 Å². The molecule has 2 aromatic carbocycles. The third-order valence-corrected chi connectivity index (χ3v) is 3.64. The fraction of sp³-hybridized carbons (Fsp3) is 0.368. The van der Waals surface area contributed by atoms with E-state index in [-0.39, 0.29) is 0 Å². The van der Waals surface area contributed by atoms with Crippen molar-refractivity contribution in [2.45, 2.75) is 39.2 Å². The van der Waals surface area contributed by atoms with Crippen LogP contribution in [0.1, 0.15) is 44.7 Å². The molecule has 1 nitrogen and oxygen atoms in total. The first-order valence-corrected chi connectivity index (χ1v) is 7.74. The summed E-state index contributed by atoms with van der Waals surface area (Å²) in [5.74, 6) is 0. The van der Waals surface area contributed by atoms with Gasteiger partial charge in [-0.2, -0.15) is 0 Å². The van der Waals surface area contributed by atoms with Crippen molar-refractivity contribution in [2.75, 3.05) is 6.54 Å². The number of benzene rings is 2. The molecule has 0 aromatic heterocycles. The van der Waals surface area contributed by atoms with E-state index in [1.54, 1.807) is 0 Å². The molecule has 0 aliphatic rings. The summed E-state index contributed by atoms with van der Waals surface area (Å²) in [4.78, 5) is 0. The molecule has 1 N–H and O–H groups in total. The van der Waals surface area contributed by atoms with E-state index in [1.807, 2.05) is 0 Å². The smallest absolute Gasteiger partial charge is 0.0320 e. The third kappa shape index (κ3) is 3.94. The quantitative estimate of drug-likeness (QED) is 0.727. The van der Waals surface area contributed by atoms with Crippen LogP contribution >= 0.6 is 0 Å². The molecule has 20 heavy (non-hydrogen) atoms. The summed E-state index contributed by atoms with van der Waals surface area (Å²) in [5, 5.41) is 3.65. The van der Waals surface area contributed by atoms with Crippen LogP contribution in [0.5, 0.6) is 0 Å². The monoisotopic (exact) mass is 267 g/mol. The molecule has 0 heterocycles. The first-order valence-electron chi connectivity index (χ1n) is 7.74. The standard InChI is InChI=1S/C19H25N/c1-3-8-19(20-15-4-2)18-13-11-17(12-14-18)16-9-6-5-7-10-16/h5-7,9-14,19-20H,3-4,8,15H2,1-2H3. The van der Waals surface area contributed by atoms with Gasteiger partial charge in [-0.05, 0) is 36.1 Å². The van der Waals surface area contributed by atoms with Crippen molar-refractivity contribution < 1.29 is 0 Å². The molecular formula is C19H25N. The molecule has 0 saturated heterocycles. The zero-order chi connectivity index (χ0) is 14.2. The molecule has 0 aliphatic heterocycles. The van der Waals surface area contributed by atoms with Crippen molar-refractivity contribution in [3.63, 3.8) is 0 Å². The van der Waals surface area contributed by atoms with Crippen LogP contribution in [0.4, 0.5) is 0 Å². The van der Waals surface area contributed by atoms with Gasteiger partial charge in [-0.1, -0.05) is 74.9 Å². The molecule has 106 valence electrons. The third-order valence-electron chi connectivity index (χ3n) is 3.64. The molecule has 0 spiro atoms. The van der Waals surface area contributed by atoms with Crippen LogP contribution < -0.4 is 5.32 Å². The Morgan fingerprint density at radius 2 is 1.45 bits per heavy atom. The molecular weight excluding hydrogens is 242 g/mol. The summed E-state index contributed by atoms with van der Waals surface area (Å²) in [7, 11) is 0. The summed E-state index contributed by atoms with van der Waals surface area (Å²) in [6, 6.07) is 20.1. The van der Waals surface area contributed by atoms with Crippen LogP contribution in [0.2, 0.25) is 0 Å². The molecule has 2 aromatic rings. The van der Waals surface area contributed by atoms with Gasteiger partial charge in [0, 0.05) is 6.04 Å². The first kappa shape index (κ1) is 14.8. The second kappa shape index (κ2) is 7.86. The van der Waals surface area contributed by atoms with E-state index in [4.69, 9.17) is 0 Å². The lowest BCUT2D eigenvalue weighted by Crippen LogP contribution is -2.21. The van der Waals surface area contributed by atoms with Gasteiger partial charge in [0.1, 0.15) is 0 Å². The summed E-state index contributed by atoms with van der Waals surface area (Å²) in [6.45, 7) is 5.55. The van der Waals surface area contributed by atoms with Gasteiger partial charge in [0.25, 0.3) is 0 Å². The van der Waals surface area contributed by atoms with Gasteiger partial charge in [-0.3, -0.25) is 0 Å². The summed E-state index contributed by atoms with van der Waals surface area (Å²) in [5.41, 5.74) is 3.98. The van der Waals surface area contributed by atoms with Gasteiger partial charge >= 0.3 is 0 Å². The Bertz CT molecular complexity index is 487. The van der Waals surface area contributed by atoms with Gasteiger partial charge in [0.05, 0.1) is 0 Å². The Kier molecular flexibility index (Phi) is 5.82. The van der Waals surface area contributed by atoms with Crippen LogP contribution in [-0.2, 0) is 0 Å². The molecule has 0 saturated carbocycles. The molecule has 1 unspecified atom stereocenters. The maximum atomic E-state index is 3.65. The first-order chi connectivity index (χ1) is 9.85. The van der Waals surface area contributed by atoms with Crippen molar-refractivity contribution >= 4 is 0 Å². The minimum atomic E-state index is 0.491. The normalized spacial score (nSPS) is 12.3. The Morgan fingerprint density at radius 3 is 2.05 bits per heavy atom. The van der Waals surface area contributed by atoms with E-state index in [0.717, 1.165) is 6.54 Å². The lowest BCUT2D eigenvalue weighted by atomic mass is 9.98. The minimum Gasteiger partial charge on any atom is -0.310 e. The largest absolute Gasteiger partial charge is 0.310 e. The Balaban J connectivity index is 2.13. The van der Waals surface area contributed by atoms with Gasteiger partial charge in [0.2, 0.25) is 0 Å². The zero-order valence-corrected chi connectivity index (χ0v) is 12.6. The van der Waals surface area contributed by atoms with Gasteiger partial charge in [0.15, 0.2) is 0 Å². The summed E-state index contributed by atoms with van der Waals surface area (Å²) >= 11 is 0. The van der Waals surface area contributed by atoms with Crippen LogP contribution in [0.3, 0.4) is 0 Å². The second-order valence-corrected chi connectivity index (χ2v) is 5.28. The van der Waals surface area contributed by atoms with Crippen molar-refractivity contribution in [1.29, 1.82) is 0 Å². The van der Waals surface area contributed by atoms with Gasteiger partial charge in [-0.15, -0.1) is 0 Å². The molecule has 1 atom stereocenters. The molecule has 0 bridgehead atoms. The predicted octanol–water partition coefficient (Wildman–Crippen LogP) is 5.19. The zero-order valence-electron chi connectivity index (χ0n) is 12.6. The minimum absolute atomic E-state index is 0.491. The van der Waals surface area contributed by atoms with Gasteiger partial charge in [-0.25, -0.2) is 0 Å². The number of nitrogens with one attached hydrogen (secondary N) is 1. The highest BCUT2D eigenvalue weighted by Crippen LogP contribution is 2.23. The van der Waals surface area contributed by atoms with Crippen molar-refractivity contribution in [3.05, 3.63) is 60.2 Å². The lowest BCUT2D eigenvalue weighted by molar-refractivity contribution is 0.494. The maximum Gasteiger partial charge on any atom is 0.0320 e. The van der Waals surface area contributed by atoms with E-state index in [1.165, 1.54) is 36.0 Å². The highest BCUT2D eigenvalue weighted by Gasteiger charge is 2.09. The Hall–Kier alpha value is -1.60. The van der Waals surface area contributed by atoms with E-state index in [9.17, 15) is 0 Å². The van der Waals surface area contributed by atoms with Crippen LogP contribution in [0, 0.1) is 0 Å². The van der Waals surface area contributed by atoms with E-state index < -0.39 is 0 Å². The predicted molar refractivity (Wildman–Crippen MR) is 87.8 cm³/mol. The molecule has 0 aliphatic carbocycles. The van der Waals surface area contributed by atoms with Crippen LogP contribution in [-0.4, -0.2) is 6.54 Å². The average molecular weight is 267 g/mol. The fourth-order valence-corrected chi connectivity index (χ4v) is 2.53. The van der Waals surface area contributed by atoms with Crippen molar-refractivity contribution in [3.8, 4) is 11.1 Å². The van der Waals surface area contributed by atoms with Crippen LogP contribution in [0.15, 0.2) is 54.6 Å². The highest BCUT2D eigenvalue weighted by atomic mass is 14.9. The fourth-order valence-electron chi connectivity index (χ4n) is 2.53. The van der Waals surface area contributed by atoms with Gasteiger partial charge < -0.3 is 5.32 Å². The van der Waals surface area contributed by atoms with Crippen LogP contribution in [0.25, 0.3) is 11.1 Å². The molecule has 1 heteroatoms. The molecule has 0 radical (unpaired) electrons. The molecule has 2 rings (SSSR count). The number of rotatable bonds is 7. The maximum absolute atomic E-state index is 3.65. The SMILES string of the molecule is CCCNC(CCC)c1ccc(-c2ccccc2)cc1. The Labute approximate surface area is 123 Å². The average Bonchev–Trinajstić information content (AvgIpc) is 2.52. The van der Waals surface area contributed by atoms with E-state index >= 15 is 0 Å². The van der Waals surface area contributed by atoms with Crippen molar-refractivity contribution in [1.82, 2.24) is 5.32 Å². The summed E-state index contributed by atoms with van der Waals surface area (Å²) in [6.07, 6.45) is 3.59. The molecule has 0 amide bonds. The highest BCUT2D eigenvalue weighted by molar-refractivity contribution is 5.63.